The molecule has 0 fully saturated rings. The molecule has 0 saturated heterocycles. The zero-order valence-corrected chi connectivity index (χ0v) is 11.7. The number of benzene rings is 2. The number of amides is 1. The summed E-state index contributed by atoms with van der Waals surface area (Å²) in [5.74, 6) is -0.156. The van der Waals surface area contributed by atoms with E-state index in [1.165, 1.54) is 17.7 Å². The smallest absolute Gasteiger partial charge is 0.271 e. The minimum Gasteiger partial charge on any atom is -0.326 e. The van der Waals surface area contributed by atoms with Gasteiger partial charge >= 0.3 is 0 Å². The number of carbonyl (C=O) groups is 1. The van der Waals surface area contributed by atoms with E-state index in [4.69, 9.17) is 0 Å². The van der Waals surface area contributed by atoms with E-state index in [0.29, 0.717) is 18.5 Å². The van der Waals surface area contributed by atoms with E-state index in [1.807, 2.05) is 31.2 Å². The van der Waals surface area contributed by atoms with Crippen LogP contribution in [-0.4, -0.2) is 10.8 Å². The Labute approximate surface area is 122 Å². The molecule has 0 atom stereocenters. The maximum absolute atomic E-state index is 11.9. The van der Waals surface area contributed by atoms with E-state index in [-0.39, 0.29) is 11.6 Å². The molecule has 0 radical (unpaired) electrons. The van der Waals surface area contributed by atoms with Crippen LogP contribution in [-0.2, 0) is 11.2 Å². The number of hydrogen-bond donors (Lipinski definition) is 1. The van der Waals surface area contributed by atoms with Gasteiger partial charge in [-0.15, -0.1) is 0 Å². The van der Waals surface area contributed by atoms with Gasteiger partial charge in [-0.1, -0.05) is 35.9 Å². The number of nitrogens with zero attached hydrogens (tertiary/aromatic N) is 1. The number of nitro benzene ring substituents is 1. The normalized spacial score (nSPS) is 10.1. The zero-order valence-electron chi connectivity index (χ0n) is 11.7. The molecule has 2 aromatic carbocycles. The summed E-state index contributed by atoms with van der Waals surface area (Å²) in [4.78, 5) is 22.0. The molecule has 1 N–H and O–H groups in total. The molecule has 0 aliphatic carbocycles. The van der Waals surface area contributed by atoms with Crippen LogP contribution < -0.4 is 5.32 Å². The van der Waals surface area contributed by atoms with Crippen molar-refractivity contribution < 1.29 is 9.72 Å². The molecule has 0 aromatic heterocycles. The Balaban J connectivity index is 1.91. The van der Waals surface area contributed by atoms with Gasteiger partial charge in [0.2, 0.25) is 5.91 Å². The van der Waals surface area contributed by atoms with Gasteiger partial charge in [0.25, 0.3) is 5.69 Å². The third-order valence-corrected chi connectivity index (χ3v) is 3.10. The van der Waals surface area contributed by atoms with Crippen LogP contribution in [0.3, 0.4) is 0 Å². The first-order chi connectivity index (χ1) is 10.0. The number of nitro groups is 1. The van der Waals surface area contributed by atoms with Crippen LogP contribution in [0.15, 0.2) is 48.5 Å². The summed E-state index contributed by atoms with van der Waals surface area (Å²) in [6.07, 6.45) is 0.979. The van der Waals surface area contributed by atoms with Crippen LogP contribution in [0.4, 0.5) is 11.4 Å². The van der Waals surface area contributed by atoms with Gasteiger partial charge in [0, 0.05) is 24.2 Å². The van der Waals surface area contributed by atoms with Crippen LogP contribution in [0.1, 0.15) is 17.5 Å². The Bertz CT molecular complexity index is 651. The molecule has 0 bridgehead atoms. The minimum absolute atomic E-state index is 0.0358. The van der Waals surface area contributed by atoms with Crippen molar-refractivity contribution in [2.45, 2.75) is 19.8 Å². The Hall–Kier alpha value is -2.69. The van der Waals surface area contributed by atoms with Gasteiger partial charge in [0.05, 0.1) is 4.92 Å². The summed E-state index contributed by atoms with van der Waals surface area (Å²) in [6, 6.07) is 13.9. The summed E-state index contributed by atoms with van der Waals surface area (Å²) in [5.41, 5.74) is 2.68. The molecule has 0 unspecified atom stereocenters. The SMILES string of the molecule is Cc1ccc(CCC(=O)Nc2cccc([N+](=O)[O-])c2)cc1. The summed E-state index contributed by atoms with van der Waals surface area (Å²) in [5, 5.41) is 13.3. The Morgan fingerprint density at radius 2 is 1.90 bits per heavy atom. The third kappa shape index (κ3) is 4.42. The third-order valence-electron chi connectivity index (χ3n) is 3.10. The highest BCUT2D eigenvalue weighted by Crippen LogP contribution is 2.17. The van der Waals surface area contributed by atoms with Crippen molar-refractivity contribution in [3.05, 3.63) is 69.8 Å². The average Bonchev–Trinajstić information content (AvgIpc) is 2.47. The maximum atomic E-state index is 11.9. The number of carbonyl (C=O) groups excluding carboxylic acids is 1. The quantitative estimate of drug-likeness (QED) is 0.675. The minimum atomic E-state index is -0.484. The highest BCUT2D eigenvalue weighted by molar-refractivity contribution is 5.91. The van der Waals surface area contributed by atoms with Crippen molar-refractivity contribution in [2.24, 2.45) is 0 Å². The molecular weight excluding hydrogens is 268 g/mol. The van der Waals surface area contributed by atoms with Crippen LogP contribution in [0.25, 0.3) is 0 Å². The second-order valence-corrected chi connectivity index (χ2v) is 4.84. The van der Waals surface area contributed by atoms with Gasteiger partial charge < -0.3 is 5.32 Å². The number of nitrogens with one attached hydrogen (secondary N) is 1. The fraction of sp³-hybridized carbons (Fsp3) is 0.188. The summed E-state index contributed by atoms with van der Waals surface area (Å²) >= 11 is 0. The topological polar surface area (TPSA) is 72.2 Å². The molecule has 2 aromatic rings. The van der Waals surface area contributed by atoms with E-state index in [2.05, 4.69) is 5.32 Å². The lowest BCUT2D eigenvalue weighted by Gasteiger charge is -2.05. The standard InChI is InChI=1S/C16H16N2O3/c1-12-5-7-13(8-6-12)9-10-16(19)17-14-3-2-4-15(11-14)18(20)21/h2-8,11H,9-10H2,1H3,(H,17,19). The fourth-order valence-electron chi connectivity index (χ4n) is 1.93. The number of anilines is 1. The molecule has 0 aliphatic heterocycles. The first-order valence-corrected chi connectivity index (χ1v) is 6.64. The number of hydrogen-bond acceptors (Lipinski definition) is 3. The number of non-ortho nitro benzene ring substituents is 1. The lowest BCUT2D eigenvalue weighted by molar-refractivity contribution is -0.384. The second kappa shape index (κ2) is 6.65. The Morgan fingerprint density at radius 3 is 2.57 bits per heavy atom. The van der Waals surface area contributed by atoms with Crippen LogP contribution in [0.2, 0.25) is 0 Å². The Kier molecular flexibility index (Phi) is 4.66. The highest BCUT2D eigenvalue weighted by Gasteiger charge is 2.08. The Morgan fingerprint density at radius 1 is 1.19 bits per heavy atom. The molecule has 1 amide bonds. The molecule has 2 rings (SSSR count). The highest BCUT2D eigenvalue weighted by atomic mass is 16.6. The molecule has 0 heterocycles. The van der Waals surface area contributed by atoms with Gasteiger partial charge in [-0.05, 0) is 25.0 Å². The van der Waals surface area contributed by atoms with Crippen molar-refractivity contribution in [2.75, 3.05) is 5.32 Å². The monoisotopic (exact) mass is 284 g/mol. The van der Waals surface area contributed by atoms with Gasteiger partial charge in [-0.3, -0.25) is 14.9 Å². The number of aryl methyl sites for hydroxylation is 2. The van der Waals surface area contributed by atoms with Gasteiger partial charge in [-0.2, -0.15) is 0 Å². The van der Waals surface area contributed by atoms with E-state index in [0.717, 1.165) is 5.56 Å². The second-order valence-electron chi connectivity index (χ2n) is 4.84. The molecule has 21 heavy (non-hydrogen) atoms. The lowest BCUT2D eigenvalue weighted by Crippen LogP contribution is -2.12. The largest absolute Gasteiger partial charge is 0.326 e. The van der Waals surface area contributed by atoms with E-state index >= 15 is 0 Å². The molecule has 108 valence electrons. The van der Waals surface area contributed by atoms with Crippen molar-refractivity contribution in [3.63, 3.8) is 0 Å². The van der Waals surface area contributed by atoms with Gasteiger partial charge in [0.1, 0.15) is 0 Å². The fourth-order valence-corrected chi connectivity index (χ4v) is 1.93. The van der Waals surface area contributed by atoms with E-state index < -0.39 is 4.92 Å². The van der Waals surface area contributed by atoms with Crippen molar-refractivity contribution in [1.82, 2.24) is 0 Å². The van der Waals surface area contributed by atoms with Crippen molar-refractivity contribution in [3.8, 4) is 0 Å². The van der Waals surface area contributed by atoms with E-state index in [1.54, 1.807) is 12.1 Å². The van der Waals surface area contributed by atoms with Crippen molar-refractivity contribution in [1.29, 1.82) is 0 Å². The van der Waals surface area contributed by atoms with Crippen LogP contribution >= 0.6 is 0 Å². The molecule has 5 nitrogen and oxygen atoms in total. The van der Waals surface area contributed by atoms with Gasteiger partial charge in [0.15, 0.2) is 0 Å². The van der Waals surface area contributed by atoms with Gasteiger partial charge in [-0.25, -0.2) is 0 Å². The predicted octanol–water partition coefficient (Wildman–Crippen LogP) is 3.47. The summed E-state index contributed by atoms with van der Waals surface area (Å²) in [7, 11) is 0. The zero-order chi connectivity index (χ0) is 15.2. The van der Waals surface area contributed by atoms with E-state index in [9.17, 15) is 14.9 Å². The first-order valence-electron chi connectivity index (χ1n) is 6.64. The summed E-state index contributed by atoms with van der Waals surface area (Å²) < 4.78 is 0. The molecule has 0 saturated carbocycles. The molecule has 0 spiro atoms. The molecule has 0 aliphatic rings. The first kappa shape index (κ1) is 14.7. The maximum Gasteiger partial charge on any atom is 0.271 e. The average molecular weight is 284 g/mol. The number of rotatable bonds is 5. The summed E-state index contributed by atoms with van der Waals surface area (Å²) in [6.45, 7) is 2.01. The predicted molar refractivity (Wildman–Crippen MR) is 81.2 cm³/mol. The van der Waals surface area contributed by atoms with Crippen LogP contribution in [0.5, 0.6) is 0 Å². The van der Waals surface area contributed by atoms with Crippen LogP contribution in [0, 0.1) is 17.0 Å². The lowest BCUT2D eigenvalue weighted by atomic mass is 10.1. The molecular formula is C16H16N2O3. The van der Waals surface area contributed by atoms with Crippen molar-refractivity contribution >= 4 is 17.3 Å². The molecule has 5 heteroatoms.